The van der Waals surface area contributed by atoms with Crippen LogP contribution >= 0.6 is 0 Å². The summed E-state index contributed by atoms with van der Waals surface area (Å²) in [7, 11) is 2.69. The zero-order valence-electron chi connectivity index (χ0n) is 8.25. The Morgan fingerprint density at radius 2 is 2.07 bits per heavy atom. The molecule has 0 aliphatic rings. The number of amides is 2. The van der Waals surface area contributed by atoms with Gasteiger partial charge in [0.05, 0.1) is 7.11 Å². The van der Waals surface area contributed by atoms with E-state index in [2.05, 4.69) is 10.2 Å². The third-order valence-corrected chi connectivity index (χ3v) is 1.73. The Kier molecular flexibility index (Phi) is 3.56. The van der Waals surface area contributed by atoms with Gasteiger partial charge in [0.25, 0.3) is 0 Å². The van der Waals surface area contributed by atoms with Crippen LogP contribution in [0.5, 0.6) is 0 Å². The highest BCUT2D eigenvalue weighted by atomic mass is 19.2. The van der Waals surface area contributed by atoms with Gasteiger partial charge in [-0.2, -0.15) is 0 Å². The number of halogens is 2. The van der Waals surface area contributed by atoms with Crippen LogP contribution in [0.1, 0.15) is 0 Å². The van der Waals surface area contributed by atoms with Crippen molar-refractivity contribution < 1.29 is 18.4 Å². The van der Waals surface area contributed by atoms with Gasteiger partial charge in [-0.05, 0) is 12.1 Å². The van der Waals surface area contributed by atoms with Gasteiger partial charge in [-0.1, -0.05) is 0 Å². The summed E-state index contributed by atoms with van der Waals surface area (Å²) < 4.78 is 25.3. The molecule has 0 spiro atoms. The van der Waals surface area contributed by atoms with Gasteiger partial charge in [0, 0.05) is 18.8 Å². The normalized spacial score (nSPS) is 9.87. The summed E-state index contributed by atoms with van der Waals surface area (Å²) in [5, 5.41) is 3.23. The Hall–Kier alpha value is -1.69. The topological polar surface area (TPSA) is 41.6 Å². The first-order valence-corrected chi connectivity index (χ1v) is 4.08. The highest BCUT2D eigenvalue weighted by Gasteiger charge is 2.09. The monoisotopic (exact) mass is 216 g/mol. The van der Waals surface area contributed by atoms with E-state index in [-0.39, 0.29) is 5.69 Å². The van der Waals surface area contributed by atoms with E-state index in [0.717, 1.165) is 17.2 Å². The van der Waals surface area contributed by atoms with E-state index in [1.807, 2.05) is 0 Å². The molecule has 0 unspecified atom stereocenters. The van der Waals surface area contributed by atoms with Crippen molar-refractivity contribution >= 4 is 11.7 Å². The van der Waals surface area contributed by atoms with Gasteiger partial charge in [-0.25, -0.2) is 18.6 Å². The van der Waals surface area contributed by atoms with Gasteiger partial charge in [0.1, 0.15) is 0 Å². The summed E-state index contributed by atoms with van der Waals surface area (Å²) in [5.41, 5.74) is 0.155. The Morgan fingerprint density at radius 1 is 1.40 bits per heavy atom. The zero-order chi connectivity index (χ0) is 11.4. The van der Waals surface area contributed by atoms with Gasteiger partial charge in [-0.15, -0.1) is 0 Å². The van der Waals surface area contributed by atoms with E-state index in [0.29, 0.717) is 0 Å². The molecule has 2 amide bonds. The van der Waals surface area contributed by atoms with Crippen molar-refractivity contribution in [2.24, 2.45) is 0 Å². The molecule has 0 bridgehead atoms. The molecule has 1 rings (SSSR count). The van der Waals surface area contributed by atoms with Crippen LogP contribution in [-0.2, 0) is 4.84 Å². The van der Waals surface area contributed by atoms with Crippen molar-refractivity contribution in [2.75, 3.05) is 19.5 Å². The largest absolute Gasteiger partial charge is 0.345 e. The minimum atomic E-state index is -1.02. The Morgan fingerprint density at radius 3 is 2.60 bits per heavy atom. The molecular formula is C9H10F2N2O2. The minimum absolute atomic E-state index is 0.155. The Labute approximate surface area is 85.4 Å². The number of carbonyl (C=O) groups excluding carboxylic acids is 1. The smallest absolute Gasteiger partial charge is 0.306 e. The molecule has 1 N–H and O–H groups in total. The molecule has 82 valence electrons. The second-order valence-electron chi connectivity index (χ2n) is 2.74. The molecular weight excluding hydrogens is 206 g/mol. The SMILES string of the molecule is CON(C)C(=O)Nc1ccc(F)c(F)c1. The van der Waals surface area contributed by atoms with E-state index in [4.69, 9.17) is 0 Å². The van der Waals surface area contributed by atoms with E-state index >= 15 is 0 Å². The van der Waals surface area contributed by atoms with Crippen LogP contribution in [0.15, 0.2) is 18.2 Å². The predicted octanol–water partition coefficient (Wildman–Crippen LogP) is 1.99. The zero-order valence-corrected chi connectivity index (χ0v) is 8.25. The number of hydrogen-bond donors (Lipinski definition) is 1. The van der Waals surface area contributed by atoms with Crippen molar-refractivity contribution in [1.82, 2.24) is 5.06 Å². The van der Waals surface area contributed by atoms with Gasteiger partial charge in [0.2, 0.25) is 0 Å². The summed E-state index contributed by atoms with van der Waals surface area (Å²) in [4.78, 5) is 15.8. The molecule has 0 aliphatic heterocycles. The highest BCUT2D eigenvalue weighted by Crippen LogP contribution is 2.13. The second-order valence-corrected chi connectivity index (χ2v) is 2.74. The quantitative estimate of drug-likeness (QED) is 0.768. The maximum atomic E-state index is 12.7. The van der Waals surface area contributed by atoms with Crippen LogP contribution in [0.3, 0.4) is 0 Å². The van der Waals surface area contributed by atoms with Gasteiger partial charge in [-0.3, -0.25) is 4.84 Å². The summed E-state index contributed by atoms with van der Waals surface area (Å²) >= 11 is 0. The van der Waals surface area contributed by atoms with Gasteiger partial charge < -0.3 is 5.32 Å². The van der Waals surface area contributed by atoms with E-state index < -0.39 is 17.7 Å². The summed E-state index contributed by atoms with van der Waals surface area (Å²) in [5.74, 6) is -1.99. The number of benzene rings is 1. The summed E-state index contributed by atoms with van der Waals surface area (Å²) in [6.45, 7) is 0. The standard InChI is InChI=1S/C9H10F2N2O2/c1-13(15-2)9(14)12-6-3-4-7(10)8(11)5-6/h3-5H,1-2H3,(H,12,14). The fraction of sp³-hybridized carbons (Fsp3) is 0.222. The van der Waals surface area contributed by atoms with Crippen molar-refractivity contribution in [3.8, 4) is 0 Å². The number of hydrogen-bond acceptors (Lipinski definition) is 2. The lowest BCUT2D eigenvalue weighted by Crippen LogP contribution is -2.30. The van der Waals surface area contributed by atoms with Crippen LogP contribution < -0.4 is 5.32 Å². The Balaban J connectivity index is 2.73. The molecule has 0 aliphatic carbocycles. The number of hydroxylamine groups is 2. The minimum Gasteiger partial charge on any atom is -0.306 e. The second kappa shape index (κ2) is 4.70. The number of urea groups is 1. The maximum Gasteiger partial charge on any atom is 0.345 e. The summed E-state index contributed by atoms with van der Waals surface area (Å²) in [6.07, 6.45) is 0. The lowest BCUT2D eigenvalue weighted by Gasteiger charge is -2.14. The molecule has 1 aromatic rings. The van der Waals surface area contributed by atoms with Crippen LogP contribution in [0.25, 0.3) is 0 Å². The van der Waals surface area contributed by atoms with Gasteiger partial charge in [0.15, 0.2) is 11.6 Å². The van der Waals surface area contributed by atoms with E-state index in [9.17, 15) is 13.6 Å². The third kappa shape index (κ3) is 2.88. The number of nitrogens with zero attached hydrogens (tertiary/aromatic N) is 1. The molecule has 15 heavy (non-hydrogen) atoms. The van der Waals surface area contributed by atoms with E-state index in [1.165, 1.54) is 20.2 Å². The highest BCUT2D eigenvalue weighted by molar-refractivity contribution is 5.88. The number of anilines is 1. The molecule has 1 aromatic carbocycles. The molecule has 6 heteroatoms. The van der Waals surface area contributed by atoms with E-state index in [1.54, 1.807) is 0 Å². The van der Waals surface area contributed by atoms with Crippen LogP contribution in [-0.4, -0.2) is 25.3 Å². The van der Waals surface area contributed by atoms with Crippen LogP contribution in [0.2, 0.25) is 0 Å². The molecule has 0 aromatic heterocycles. The molecule has 4 nitrogen and oxygen atoms in total. The molecule has 0 heterocycles. The fourth-order valence-electron chi connectivity index (χ4n) is 0.859. The summed E-state index contributed by atoms with van der Waals surface area (Å²) in [6, 6.07) is 2.48. The predicted molar refractivity (Wildman–Crippen MR) is 50.1 cm³/mol. The number of carbonyl (C=O) groups is 1. The first-order valence-electron chi connectivity index (χ1n) is 4.08. The van der Waals surface area contributed by atoms with Crippen LogP contribution in [0.4, 0.5) is 19.3 Å². The fourth-order valence-corrected chi connectivity index (χ4v) is 0.859. The molecule has 0 radical (unpaired) electrons. The number of rotatable bonds is 2. The third-order valence-electron chi connectivity index (χ3n) is 1.73. The van der Waals surface area contributed by atoms with Crippen LogP contribution in [0, 0.1) is 11.6 Å². The lowest BCUT2D eigenvalue weighted by molar-refractivity contribution is -0.0598. The lowest BCUT2D eigenvalue weighted by atomic mass is 10.3. The van der Waals surface area contributed by atoms with Crippen molar-refractivity contribution in [2.45, 2.75) is 0 Å². The number of nitrogens with one attached hydrogen (secondary N) is 1. The van der Waals surface area contributed by atoms with Crippen molar-refractivity contribution in [3.63, 3.8) is 0 Å². The average Bonchev–Trinajstić information content (AvgIpc) is 2.22. The molecule has 0 saturated carbocycles. The van der Waals surface area contributed by atoms with Crippen molar-refractivity contribution in [3.05, 3.63) is 29.8 Å². The first kappa shape index (κ1) is 11.4. The molecule has 0 saturated heterocycles. The average molecular weight is 216 g/mol. The first-order chi connectivity index (χ1) is 7.04. The Bertz CT molecular complexity index is 371. The maximum absolute atomic E-state index is 12.7. The molecule has 0 atom stereocenters. The van der Waals surface area contributed by atoms with Crippen molar-refractivity contribution in [1.29, 1.82) is 0 Å². The molecule has 0 fully saturated rings. The van der Waals surface area contributed by atoms with Gasteiger partial charge >= 0.3 is 6.03 Å².